The highest BCUT2D eigenvalue weighted by atomic mass is 19.4. The molecule has 2 aromatic heterocycles. The summed E-state index contributed by atoms with van der Waals surface area (Å²) in [6, 6.07) is 9.21. The highest BCUT2D eigenvalue weighted by Gasteiger charge is 2.32. The number of halogens is 3. The fourth-order valence-electron chi connectivity index (χ4n) is 5.61. The van der Waals surface area contributed by atoms with Gasteiger partial charge in [-0.25, -0.2) is 19.9 Å². The molecule has 10 nitrogen and oxygen atoms in total. The Morgan fingerprint density at radius 1 is 0.867 bits per heavy atom. The Hall–Kier alpha value is -4.36. The molecule has 2 aromatic carbocycles. The lowest BCUT2D eigenvalue weighted by Crippen LogP contribution is -2.45. The van der Waals surface area contributed by atoms with E-state index in [0.717, 1.165) is 57.0 Å². The van der Waals surface area contributed by atoms with Crippen LogP contribution in [-0.2, 0) is 12.6 Å². The summed E-state index contributed by atoms with van der Waals surface area (Å²) in [7, 11) is 4.07. The van der Waals surface area contributed by atoms with Crippen molar-refractivity contribution in [3.63, 3.8) is 0 Å². The number of fused-ring (bicyclic) bond motifs is 1. The van der Waals surface area contributed by atoms with Crippen molar-refractivity contribution in [2.45, 2.75) is 19.5 Å². The van der Waals surface area contributed by atoms with E-state index in [1.54, 1.807) is 12.3 Å². The van der Waals surface area contributed by atoms with E-state index in [0.29, 0.717) is 52.8 Å². The van der Waals surface area contributed by atoms with Crippen LogP contribution in [0.15, 0.2) is 48.9 Å². The molecule has 0 amide bonds. The van der Waals surface area contributed by atoms with Crippen LogP contribution in [0, 0.1) is 6.92 Å². The van der Waals surface area contributed by atoms with E-state index in [1.165, 1.54) is 6.33 Å². The molecule has 0 atom stereocenters. The van der Waals surface area contributed by atoms with Gasteiger partial charge in [0.2, 0.25) is 5.95 Å². The normalized spacial score (nSPS) is 16.8. The van der Waals surface area contributed by atoms with Crippen LogP contribution in [0.4, 0.5) is 36.3 Å². The molecule has 2 saturated heterocycles. The molecule has 0 aliphatic carbocycles. The van der Waals surface area contributed by atoms with Crippen molar-refractivity contribution in [2.75, 3.05) is 81.6 Å². The van der Waals surface area contributed by atoms with Crippen molar-refractivity contribution in [1.29, 1.82) is 0 Å². The standard InChI is InChI=1S/C32H36F3N9O/c1-21-4-5-22(15-28(45)23-16-24(32(33,34)35)18-25(17-23)43-10-6-41(2)7-11-43)14-26(21)39-30-29-27(37-20-38-30)19-36-31(40-29)44-12-8-42(3)9-13-44/h4-5,14,16-20H,6-13,15H2,1-3H3,(H,37,38,39). The molecule has 0 radical (unpaired) electrons. The van der Waals surface area contributed by atoms with Gasteiger partial charge in [0.15, 0.2) is 11.6 Å². The highest BCUT2D eigenvalue weighted by Crippen LogP contribution is 2.34. The van der Waals surface area contributed by atoms with Crippen LogP contribution in [-0.4, -0.2) is 102 Å². The van der Waals surface area contributed by atoms with Gasteiger partial charge >= 0.3 is 6.18 Å². The summed E-state index contributed by atoms with van der Waals surface area (Å²) in [4.78, 5) is 40.0. The number of hydrogen-bond donors (Lipinski definition) is 1. The fourth-order valence-corrected chi connectivity index (χ4v) is 5.61. The number of hydrogen-bond acceptors (Lipinski definition) is 10. The molecule has 0 spiro atoms. The smallest absolute Gasteiger partial charge is 0.369 e. The van der Waals surface area contributed by atoms with Gasteiger partial charge in [-0.05, 0) is 56.4 Å². The molecule has 2 aliphatic heterocycles. The predicted molar refractivity (Wildman–Crippen MR) is 168 cm³/mol. The first-order chi connectivity index (χ1) is 21.5. The molecule has 1 N–H and O–H groups in total. The number of likely N-dealkylation sites (N-methyl/N-ethyl adjacent to an activating group) is 2. The molecule has 236 valence electrons. The van der Waals surface area contributed by atoms with E-state index in [1.807, 2.05) is 37.1 Å². The first-order valence-electron chi connectivity index (χ1n) is 15.0. The number of rotatable bonds is 7. The van der Waals surface area contributed by atoms with E-state index in [9.17, 15) is 18.0 Å². The number of Topliss-reactive ketones (excluding diaryl/α,β-unsaturated/α-hetero) is 1. The van der Waals surface area contributed by atoms with Crippen molar-refractivity contribution in [3.05, 3.63) is 71.2 Å². The number of aromatic nitrogens is 4. The minimum atomic E-state index is -4.56. The number of benzene rings is 2. The van der Waals surface area contributed by atoms with Crippen LogP contribution in [0.25, 0.3) is 11.0 Å². The third-order valence-electron chi connectivity index (χ3n) is 8.51. The third-order valence-corrected chi connectivity index (χ3v) is 8.51. The van der Waals surface area contributed by atoms with Crippen LogP contribution in [0.2, 0.25) is 0 Å². The monoisotopic (exact) mass is 619 g/mol. The molecular formula is C32H36F3N9O. The summed E-state index contributed by atoms with van der Waals surface area (Å²) in [5, 5.41) is 3.35. The quantitative estimate of drug-likeness (QED) is 0.300. The lowest BCUT2D eigenvalue weighted by molar-refractivity contribution is -0.137. The second-order valence-corrected chi connectivity index (χ2v) is 11.8. The van der Waals surface area contributed by atoms with E-state index in [2.05, 4.69) is 42.0 Å². The van der Waals surface area contributed by atoms with E-state index in [-0.39, 0.29) is 17.8 Å². The van der Waals surface area contributed by atoms with Gasteiger partial charge in [-0.2, -0.15) is 13.2 Å². The predicted octanol–water partition coefficient (Wildman–Crippen LogP) is 4.42. The lowest BCUT2D eigenvalue weighted by atomic mass is 9.98. The van der Waals surface area contributed by atoms with Crippen LogP contribution >= 0.6 is 0 Å². The molecule has 0 bridgehead atoms. The maximum absolute atomic E-state index is 13.9. The summed E-state index contributed by atoms with van der Waals surface area (Å²) >= 11 is 0. The zero-order chi connectivity index (χ0) is 31.7. The number of anilines is 4. The number of alkyl halides is 3. The molecule has 4 aromatic rings. The SMILES string of the molecule is Cc1ccc(CC(=O)c2cc(N3CCN(C)CC3)cc(C(F)(F)F)c2)cc1Nc1ncnc2cnc(N3CCN(C)CC3)nc12. The van der Waals surface area contributed by atoms with Crippen LogP contribution in [0.3, 0.4) is 0 Å². The van der Waals surface area contributed by atoms with E-state index < -0.39 is 11.7 Å². The van der Waals surface area contributed by atoms with E-state index in [4.69, 9.17) is 4.98 Å². The van der Waals surface area contributed by atoms with Crippen LogP contribution in [0.5, 0.6) is 0 Å². The number of nitrogens with one attached hydrogen (secondary N) is 1. The minimum absolute atomic E-state index is 0.0452. The topological polar surface area (TPSA) is 93.6 Å². The summed E-state index contributed by atoms with van der Waals surface area (Å²) in [6.07, 6.45) is -1.49. The van der Waals surface area contributed by atoms with Gasteiger partial charge in [-0.15, -0.1) is 0 Å². The molecule has 2 aliphatic rings. The number of ketones is 1. The van der Waals surface area contributed by atoms with Gasteiger partial charge in [0, 0.05) is 75.7 Å². The maximum Gasteiger partial charge on any atom is 0.416 e. The molecular weight excluding hydrogens is 583 g/mol. The summed E-state index contributed by atoms with van der Waals surface area (Å²) < 4.78 is 41.6. The highest BCUT2D eigenvalue weighted by molar-refractivity contribution is 5.99. The lowest BCUT2D eigenvalue weighted by Gasteiger charge is -2.34. The Morgan fingerprint density at radius 2 is 1.56 bits per heavy atom. The number of aryl methyl sites for hydroxylation is 1. The van der Waals surface area contributed by atoms with Gasteiger partial charge in [0.05, 0.1) is 11.8 Å². The Bertz CT molecular complexity index is 1700. The largest absolute Gasteiger partial charge is 0.416 e. The second kappa shape index (κ2) is 12.6. The number of piperazine rings is 2. The molecule has 0 saturated carbocycles. The van der Waals surface area contributed by atoms with Crippen molar-refractivity contribution < 1.29 is 18.0 Å². The average Bonchev–Trinajstić information content (AvgIpc) is 3.02. The van der Waals surface area contributed by atoms with Crippen molar-refractivity contribution in [3.8, 4) is 0 Å². The Morgan fingerprint density at radius 3 is 2.24 bits per heavy atom. The molecule has 13 heteroatoms. The Labute approximate surface area is 259 Å². The van der Waals surface area contributed by atoms with E-state index >= 15 is 0 Å². The van der Waals surface area contributed by atoms with Gasteiger partial charge in [-0.1, -0.05) is 12.1 Å². The van der Waals surface area contributed by atoms with Gasteiger partial charge in [-0.3, -0.25) is 4.79 Å². The second-order valence-electron chi connectivity index (χ2n) is 11.8. The van der Waals surface area contributed by atoms with Crippen molar-refractivity contribution in [2.24, 2.45) is 0 Å². The van der Waals surface area contributed by atoms with Crippen molar-refractivity contribution >= 4 is 40.0 Å². The average molecular weight is 620 g/mol. The summed E-state index contributed by atoms with van der Waals surface area (Å²) in [5.41, 5.74) is 3.09. The number of carbonyl (C=O) groups excluding carboxylic acids is 1. The fraction of sp³-hybridized carbons (Fsp3) is 0.406. The van der Waals surface area contributed by atoms with Crippen LogP contribution < -0.4 is 15.1 Å². The van der Waals surface area contributed by atoms with Crippen molar-refractivity contribution in [1.82, 2.24) is 29.7 Å². The molecule has 2 fully saturated rings. The van der Waals surface area contributed by atoms with Gasteiger partial charge < -0.3 is 24.9 Å². The summed E-state index contributed by atoms with van der Waals surface area (Å²) in [6.45, 7) is 8.06. The number of carbonyl (C=O) groups is 1. The number of nitrogens with zero attached hydrogens (tertiary/aromatic N) is 8. The maximum atomic E-state index is 13.9. The Balaban J connectivity index is 1.25. The van der Waals surface area contributed by atoms with Gasteiger partial charge in [0.25, 0.3) is 0 Å². The molecule has 6 rings (SSSR count). The third kappa shape index (κ3) is 6.99. The zero-order valence-corrected chi connectivity index (χ0v) is 25.6. The minimum Gasteiger partial charge on any atom is -0.369 e. The molecule has 45 heavy (non-hydrogen) atoms. The molecule has 0 unspecified atom stereocenters. The first kappa shape index (κ1) is 30.7. The molecule has 4 heterocycles. The summed E-state index contributed by atoms with van der Waals surface area (Å²) in [5.74, 6) is 0.726. The van der Waals surface area contributed by atoms with Crippen LogP contribution in [0.1, 0.15) is 27.0 Å². The first-order valence-corrected chi connectivity index (χ1v) is 15.0. The zero-order valence-electron chi connectivity index (χ0n) is 25.6. The Kier molecular flexibility index (Phi) is 8.56. The van der Waals surface area contributed by atoms with Gasteiger partial charge in [0.1, 0.15) is 17.4 Å².